The molecule has 0 radical (unpaired) electrons. The van der Waals surface area contributed by atoms with E-state index in [1.54, 1.807) is 12.7 Å². The molecule has 1 saturated carbocycles. The van der Waals surface area contributed by atoms with E-state index in [1.165, 1.54) is 25.7 Å². The van der Waals surface area contributed by atoms with Crippen molar-refractivity contribution in [3.8, 4) is 0 Å². The van der Waals surface area contributed by atoms with E-state index in [9.17, 15) is 0 Å². The Balaban J connectivity index is 2.05. The first kappa shape index (κ1) is 7.17. The molecule has 0 aromatic carbocycles. The Bertz CT molecular complexity index is 176. The van der Waals surface area contributed by atoms with Crippen LogP contribution in [0.4, 0.5) is 0 Å². The van der Waals surface area contributed by atoms with E-state index in [4.69, 9.17) is 4.74 Å². The molecule has 2 aliphatic rings. The lowest BCUT2D eigenvalue weighted by molar-refractivity contribution is 0.0517. The zero-order valence-corrected chi connectivity index (χ0v) is 6.97. The molecule has 1 aliphatic heterocycles. The number of nitrogens with one attached hydrogen (secondary N) is 1. The summed E-state index contributed by atoms with van der Waals surface area (Å²) in [5.41, 5.74) is 1.57. The van der Waals surface area contributed by atoms with Crippen molar-refractivity contribution in [1.29, 1.82) is 0 Å². The minimum atomic E-state index is 0.269. The molecule has 1 N–H and O–H groups in total. The minimum Gasteiger partial charge on any atom is -0.366 e. The topological polar surface area (TPSA) is 21.3 Å². The van der Waals surface area contributed by atoms with Crippen LogP contribution in [0.3, 0.4) is 0 Å². The first-order chi connectivity index (χ1) is 5.42. The van der Waals surface area contributed by atoms with Crippen molar-refractivity contribution in [3.05, 3.63) is 11.8 Å². The van der Waals surface area contributed by atoms with E-state index in [-0.39, 0.29) is 6.23 Å². The summed E-state index contributed by atoms with van der Waals surface area (Å²) >= 11 is 0. The molecule has 2 unspecified atom stereocenters. The number of fused-ring (bicyclic) bond motifs is 1. The molecule has 0 saturated heterocycles. The highest BCUT2D eigenvalue weighted by molar-refractivity contribution is 5.15. The largest absolute Gasteiger partial charge is 0.366 e. The van der Waals surface area contributed by atoms with Gasteiger partial charge in [0.25, 0.3) is 0 Å². The van der Waals surface area contributed by atoms with Crippen LogP contribution in [-0.2, 0) is 4.74 Å². The van der Waals surface area contributed by atoms with Gasteiger partial charge >= 0.3 is 0 Å². The number of rotatable bonds is 1. The van der Waals surface area contributed by atoms with Crippen LogP contribution in [0, 0.1) is 5.92 Å². The van der Waals surface area contributed by atoms with Crippen LogP contribution in [-0.4, -0.2) is 13.3 Å². The predicted molar refractivity (Wildman–Crippen MR) is 44.0 cm³/mol. The van der Waals surface area contributed by atoms with E-state index in [0.717, 1.165) is 0 Å². The fraction of sp³-hybridized carbons (Fsp3) is 0.778. The van der Waals surface area contributed by atoms with Gasteiger partial charge < -0.3 is 10.1 Å². The highest BCUT2D eigenvalue weighted by Crippen LogP contribution is 2.34. The van der Waals surface area contributed by atoms with Crippen molar-refractivity contribution in [2.75, 3.05) is 7.11 Å². The van der Waals surface area contributed by atoms with E-state index >= 15 is 0 Å². The highest BCUT2D eigenvalue weighted by atomic mass is 16.5. The number of hydrogen-bond donors (Lipinski definition) is 1. The van der Waals surface area contributed by atoms with Crippen molar-refractivity contribution in [1.82, 2.24) is 5.32 Å². The summed E-state index contributed by atoms with van der Waals surface area (Å²) in [6.07, 6.45) is 7.72. The second kappa shape index (κ2) is 2.86. The summed E-state index contributed by atoms with van der Waals surface area (Å²) in [4.78, 5) is 0. The van der Waals surface area contributed by atoms with E-state index in [0.29, 0.717) is 5.92 Å². The SMILES string of the molecule is COC1NC=C2CCCCC21. The van der Waals surface area contributed by atoms with Gasteiger partial charge in [-0.15, -0.1) is 0 Å². The van der Waals surface area contributed by atoms with Crippen LogP contribution < -0.4 is 5.32 Å². The van der Waals surface area contributed by atoms with Crippen molar-refractivity contribution >= 4 is 0 Å². The molecular formula is C9H15NO. The third kappa shape index (κ3) is 1.16. The highest BCUT2D eigenvalue weighted by Gasteiger charge is 2.30. The minimum absolute atomic E-state index is 0.269. The van der Waals surface area contributed by atoms with Crippen LogP contribution >= 0.6 is 0 Å². The van der Waals surface area contributed by atoms with Gasteiger partial charge in [0.05, 0.1) is 0 Å². The smallest absolute Gasteiger partial charge is 0.133 e. The molecule has 0 spiro atoms. The fourth-order valence-electron chi connectivity index (χ4n) is 2.13. The molecule has 62 valence electrons. The molecule has 0 aromatic rings. The van der Waals surface area contributed by atoms with Crippen LogP contribution in [0.1, 0.15) is 25.7 Å². The Labute approximate surface area is 67.6 Å². The second-order valence-corrected chi connectivity index (χ2v) is 3.39. The van der Waals surface area contributed by atoms with Gasteiger partial charge in [0.15, 0.2) is 0 Å². The molecule has 2 rings (SSSR count). The summed E-state index contributed by atoms with van der Waals surface area (Å²) in [5.74, 6) is 0.675. The van der Waals surface area contributed by atoms with Gasteiger partial charge in [-0.1, -0.05) is 6.42 Å². The molecule has 0 bridgehead atoms. The first-order valence-electron chi connectivity index (χ1n) is 4.39. The lowest BCUT2D eigenvalue weighted by Gasteiger charge is -2.24. The number of ether oxygens (including phenoxy) is 1. The van der Waals surface area contributed by atoms with Gasteiger partial charge in [-0.3, -0.25) is 0 Å². The van der Waals surface area contributed by atoms with Crippen molar-refractivity contribution in [2.45, 2.75) is 31.9 Å². The zero-order chi connectivity index (χ0) is 7.68. The summed E-state index contributed by atoms with van der Waals surface area (Å²) in [6, 6.07) is 0. The Morgan fingerprint density at radius 1 is 1.55 bits per heavy atom. The second-order valence-electron chi connectivity index (χ2n) is 3.39. The summed E-state index contributed by atoms with van der Waals surface area (Å²) < 4.78 is 5.32. The average Bonchev–Trinajstić information content (AvgIpc) is 2.47. The van der Waals surface area contributed by atoms with Crippen LogP contribution in [0.5, 0.6) is 0 Å². The van der Waals surface area contributed by atoms with Gasteiger partial charge in [0.2, 0.25) is 0 Å². The maximum Gasteiger partial charge on any atom is 0.133 e. The van der Waals surface area contributed by atoms with Gasteiger partial charge in [0.1, 0.15) is 6.23 Å². The quantitative estimate of drug-likeness (QED) is 0.618. The number of hydrogen-bond acceptors (Lipinski definition) is 2. The third-order valence-corrected chi connectivity index (χ3v) is 2.76. The van der Waals surface area contributed by atoms with Crippen LogP contribution in [0.2, 0.25) is 0 Å². The van der Waals surface area contributed by atoms with Gasteiger partial charge in [-0.25, -0.2) is 0 Å². The predicted octanol–water partition coefficient (Wildman–Crippen LogP) is 1.64. The fourth-order valence-corrected chi connectivity index (χ4v) is 2.13. The molecule has 0 amide bonds. The molecule has 1 fully saturated rings. The summed E-state index contributed by atoms with van der Waals surface area (Å²) in [7, 11) is 1.78. The van der Waals surface area contributed by atoms with Crippen LogP contribution in [0.25, 0.3) is 0 Å². The van der Waals surface area contributed by atoms with E-state index < -0.39 is 0 Å². The third-order valence-electron chi connectivity index (χ3n) is 2.76. The lowest BCUT2D eigenvalue weighted by atomic mass is 9.85. The Hall–Kier alpha value is -0.500. The molecule has 11 heavy (non-hydrogen) atoms. The molecular weight excluding hydrogens is 138 g/mol. The molecule has 1 heterocycles. The van der Waals surface area contributed by atoms with Crippen LogP contribution in [0.15, 0.2) is 11.8 Å². The Morgan fingerprint density at radius 2 is 2.45 bits per heavy atom. The summed E-state index contributed by atoms with van der Waals surface area (Å²) in [6.45, 7) is 0. The van der Waals surface area contributed by atoms with Gasteiger partial charge in [-0.2, -0.15) is 0 Å². The monoisotopic (exact) mass is 153 g/mol. The van der Waals surface area contributed by atoms with Crippen molar-refractivity contribution in [3.63, 3.8) is 0 Å². The molecule has 1 aliphatic carbocycles. The molecule has 2 nitrogen and oxygen atoms in total. The normalized spacial score (nSPS) is 35.9. The molecule has 2 atom stereocenters. The molecule has 0 aromatic heterocycles. The average molecular weight is 153 g/mol. The Morgan fingerprint density at radius 3 is 3.27 bits per heavy atom. The van der Waals surface area contributed by atoms with Gasteiger partial charge in [-0.05, 0) is 31.0 Å². The van der Waals surface area contributed by atoms with E-state index in [2.05, 4.69) is 11.5 Å². The lowest BCUT2D eigenvalue weighted by Crippen LogP contribution is -2.30. The van der Waals surface area contributed by atoms with Crippen molar-refractivity contribution in [2.24, 2.45) is 5.92 Å². The molecule has 2 heteroatoms. The van der Waals surface area contributed by atoms with Crippen molar-refractivity contribution < 1.29 is 4.74 Å². The Kier molecular flexibility index (Phi) is 1.86. The summed E-state index contributed by atoms with van der Waals surface area (Å²) in [5, 5.41) is 3.26. The maximum absolute atomic E-state index is 5.32. The first-order valence-corrected chi connectivity index (χ1v) is 4.39. The zero-order valence-electron chi connectivity index (χ0n) is 6.97. The van der Waals surface area contributed by atoms with Gasteiger partial charge in [0, 0.05) is 13.0 Å². The number of methoxy groups -OCH3 is 1. The maximum atomic E-state index is 5.32. The van der Waals surface area contributed by atoms with E-state index in [1.807, 2.05) is 0 Å². The standard InChI is InChI=1S/C9H15NO/c1-11-9-8-5-3-2-4-7(8)6-10-9/h6,8-10H,2-5H2,1H3.